The Labute approximate surface area is 122 Å². The second-order valence-corrected chi connectivity index (χ2v) is 6.31. The van der Waals surface area contributed by atoms with Crippen molar-refractivity contribution in [2.45, 2.75) is 32.1 Å². The van der Waals surface area contributed by atoms with Crippen LogP contribution in [-0.2, 0) is 0 Å². The molecule has 1 aliphatic rings. The average molecular weight is 289 g/mol. The number of thiophene rings is 1. The molecular weight excluding hydrogens is 270 g/mol. The molecule has 106 valence electrons. The molecule has 0 aliphatic heterocycles. The highest BCUT2D eigenvalue weighted by molar-refractivity contribution is 7.13. The van der Waals surface area contributed by atoms with Crippen molar-refractivity contribution < 1.29 is 4.79 Å². The lowest BCUT2D eigenvalue weighted by Gasteiger charge is -2.21. The molecule has 5 heteroatoms. The topological polar surface area (TPSA) is 57.8 Å². The third kappa shape index (κ3) is 3.10. The van der Waals surface area contributed by atoms with Crippen LogP contribution in [0.5, 0.6) is 0 Å². The number of rotatable bonds is 4. The summed E-state index contributed by atoms with van der Waals surface area (Å²) in [6, 6.07) is 5.83. The zero-order valence-electron chi connectivity index (χ0n) is 11.4. The third-order valence-electron chi connectivity index (χ3n) is 3.87. The number of nitrogens with one attached hydrogen (secondary N) is 2. The zero-order chi connectivity index (χ0) is 13.8. The quantitative estimate of drug-likeness (QED) is 0.905. The monoisotopic (exact) mass is 289 g/mol. The highest BCUT2D eigenvalue weighted by atomic mass is 32.1. The summed E-state index contributed by atoms with van der Waals surface area (Å²) < 4.78 is 0. The molecule has 2 N–H and O–H groups in total. The molecule has 0 aromatic carbocycles. The van der Waals surface area contributed by atoms with Crippen molar-refractivity contribution >= 4 is 17.2 Å². The average Bonchev–Trinajstić information content (AvgIpc) is 3.16. The highest BCUT2D eigenvalue weighted by Gasteiger charge is 2.16. The first kappa shape index (κ1) is 13.4. The van der Waals surface area contributed by atoms with Gasteiger partial charge in [-0.15, -0.1) is 11.3 Å². The van der Waals surface area contributed by atoms with Crippen LogP contribution in [0.2, 0.25) is 0 Å². The van der Waals surface area contributed by atoms with E-state index in [-0.39, 0.29) is 5.91 Å². The molecule has 0 saturated heterocycles. The second kappa shape index (κ2) is 6.22. The van der Waals surface area contributed by atoms with Crippen LogP contribution in [0, 0.1) is 5.92 Å². The van der Waals surface area contributed by atoms with Crippen LogP contribution in [0.3, 0.4) is 0 Å². The number of aromatic nitrogens is 2. The van der Waals surface area contributed by atoms with Crippen molar-refractivity contribution in [2.24, 2.45) is 5.92 Å². The van der Waals surface area contributed by atoms with E-state index in [0.29, 0.717) is 11.6 Å². The van der Waals surface area contributed by atoms with Crippen LogP contribution in [-0.4, -0.2) is 22.6 Å². The number of amides is 1. The molecule has 0 spiro atoms. The minimum Gasteiger partial charge on any atom is -0.350 e. The largest absolute Gasteiger partial charge is 0.350 e. The van der Waals surface area contributed by atoms with E-state index in [2.05, 4.69) is 15.5 Å². The smallest absolute Gasteiger partial charge is 0.271 e. The first-order valence-corrected chi connectivity index (χ1v) is 8.08. The number of hydrogen-bond acceptors (Lipinski definition) is 3. The van der Waals surface area contributed by atoms with E-state index in [1.807, 2.05) is 23.6 Å². The van der Waals surface area contributed by atoms with Gasteiger partial charge in [0.25, 0.3) is 5.91 Å². The van der Waals surface area contributed by atoms with E-state index in [9.17, 15) is 4.79 Å². The van der Waals surface area contributed by atoms with E-state index in [1.54, 1.807) is 11.3 Å². The Morgan fingerprint density at radius 2 is 2.25 bits per heavy atom. The number of carbonyl (C=O) groups excluding carboxylic acids is 1. The molecule has 3 rings (SSSR count). The van der Waals surface area contributed by atoms with Gasteiger partial charge in [-0.3, -0.25) is 9.89 Å². The molecule has 1 aliphatic carbocycles. The Kier molecular flexibility index (Phi) is 4.16. The van der Waals surface area contributed by atoms with Crippen LogP contribution in [0.4, 0.5) is 0 Å². The highest BCUT2D eigenvalue weighted by Crippen LogP contribution is 2.24. The zero-order valence-corrected chi connectivity index (χ0v) is 12.2. The molecule has 20 heavy (non-hydrogen) atoms. The van der Waals surface area contributed by atoms with Gasteiger partial charge in [-0.1, -0.05) is 25.3 Å². The fourth-order valence-electron chi connectivity index (χ4n) is 2.71. The minimum absolute atomic E-state index is 0.0744. The summed E-state index contributed by atoms with van der Waals surface area (Å²) in [6.45, 7) is 0.778. The van der Waals surface area contributed by atoms with E-state index in [4.69, 9.17) is 0 Å². The maximum atomic E-state index is 12.1. The summed E-state index contributed by atoms with van der Waals surface area (Å²) in [5.74, 6) is 0.568. The van der Waals surface area contributed by atoms with Crippen molar-refractivity contribution in [1.29, 1.82) is 0 Å². The maximum Gasteiger partial charge on any atom is 0.271 e. The lowest BCUT2D eigenvalue weighted by molar-refractivity contribution is 0.0938. The van der Waals surface area contributed by atoms with Crippen LogP contribution in [0.15, 0.2) is 23.6 Å². The van der Waals surface area contributed by atoms with E-state index < -0.39 is 0 Å². The van der Waals surface area contributed by atoms with Crippen LogP contribution < -0.4 is 5.32 Å². The first-order chi connectivity index (χ1) is 9.83. The van der Waals surface area contributed by atoms with Gasteiger partial charge < -0.3 is 5.32 Å². The van der Waals surface area contributed by atoms with Gasteiger partial charge in [0.15, 0.2) is 5.69 Å². The molecule has 2 aromatic heterocycles. The van der Waals surface area contributed by atoms with E-state index in [0.717, 1.165) is 17.1 Å². The van der Waals surface area contributed by atoms with Gasteiger partial charge in [0.05, 0.1) is 10.6 Å². The molecule has 1 saturated carbocycles. The lowest BCUT2D eigenvalue weighted by Crippen LogP contribution is -2.30. The Hall–Kier alpha value is -1.62. The van der Waals surface area contributed by atoms with Crippen LogP contribution in [0.25, 0.3) is 10.6 Å². The predicted octanol–water partition coefficient (Wildman–Crippen LogP) is 3.45. The standard InChI is InChI=1S/C15H19N3OS/c19-15(16-10-11-5-2-1-3-6-11)13-9-12(17-18-13)14-7-4-8-20-14/h4,7-9,11H,1-3,5-6,10H2,(H,16,19)(H,17,18). The van der Waals surface area contributed by atoms with Crippen molar-refractivity contribution in [1.82, 2.24) is 15.5 Å². The van der Waals surface area contributed by atoms with Gasteiger partial charge in [0, 0.05) is 6.54 Å². The Morgan fingerprint density at radius 3 is 3.00 bits per heavy atom. The normalized spacial score (nSPS) is 16.2. The van der Waals surface area contributed by atoms with E-state index >= 15 is 0 Å². The van der Waals surface area contributed by atoms with Crippen molar-refractivity contribution in [3.63, 3.8) is 0 Å². The molecule has 2 aromatic rings. The Morgan fingerprint density at radius 1 is 1.40 bits per heavy atom. The van der Waals surface area contributed by atoms with Crippen molar-refractivity contribution in [2.75, 3.05) is 6.54 Å². The molecule has 0 atom stereocenters. The Balaban J connectivity index is 1.57. The third-order valence-corrected chi connectivity index (χ3v) is 4.78. The number of aromatic amines is 1. The number of H-pyrrole nitrogens is 1. The van der Waals surface area contributed by atoms with Gasteiger partial charge in [-0.25, -0.2) is 0 Å². The summed E-state index contributed by atoms with van der Waals surface area (Å²) in [4.78, 5) is 13.2. The number of nitrogens with zero attached hydrogens (tertiary/aromatic N) is 1. The SMILES string of the molecule is O=C(NCC1CCCCC1)c1cc(-c2cccs2)[nH]n1. The molecule has 0 radical (unpaired) electrons. The second-order valence-electron chi connectivity index (χ2n) is 5.36. The van der Waals surface area contributed by atoms with Gasteiger partial charge in [-0.2, -0.15) is 5.10 Å². The summed E-state index contributed by atoms with van der Waals surface area (Å²) in [5.41, 5.74) is 1.38. The van der Waals surface area contributed by atoms with E-state index in [1.165, 1.54) is 32.1 Å². The molecule has 0 bridgehead atoms. The summed E-state index contributed by atoms with van der Waals surface area (Å²) in [7, 11) is 0. The fraction of sp³-hybridized carbons (Fsp3) is 0.467. The summed E-state index contributed by atoms with van der Waals surface area (Å²) in [5, 5.41) is 12.1. The number of hydrogen-bond donors (Lipinski definition) is 2. The molecule has 4 nitrogen and oxygen atoms in total. The van der Waals surface area contributed by atoms with Gasteiger partial charge in [0.2, 0.25) is 0 Å². The number of carbonyl (C=O) groups is 1. The summed E-state index contributed by atoms with van der Waals surface area (Å²) >= 11 is 1.63. The molecule has 2 heterocycles. The van der Waals surface area contributed by atoms with Gasteiger partial charge in [0.1, 0.15) is 0 Å². The van der Waals surface area contributed by atoms with Crippen LogP contribution >= 0.6 is 11.3 Å². The summed E-state index contributed by atoms with van der Waals surface area (Å²) in [6.07, 6.45) is 6.41. The van der Waals surface area contributed by atoms with Crippen molar-refractivity contribution in [3.8, 4) is 10.6 Å². The van der Waals surface area contributed by atoms with Crippen LogP contribution in [0.1, 0.15) is 42.6 Å². The molecular formula is C15H19N3OS. The Bertz CT molecular complexity index is 555. The first-order valence-electron chi connectivity index (χ1n) is 7.20. The van der Waals surface area contributed by atoms with Crippen molar-refractivity contribution in [3.05, 3.63) is 29.3 Å². The lowest BCUT2D eigenvalue weighted by atomic mass is 9.89. The molecule has 1 fully saturated rings. The minimum atomic E-state index is -0.0744. The molecule has 1 amide bonds. The van der Waals surface area contributed by atoms with Gasteiger partial charge >= 0.3 is 0 Å². The predicted molar refractivity (Wildman–Crippen MR) is 80.8 cm³/mol. The fourth-order valence-corrected chi connectivity index (χ4v) is 3.41. The molecule has 0 unspecified atom stereocenters. The maximum absolute atomic E-state index is 12.1. The van der Waals surface area contributed by atoms with Gasteiger partial charge in [-0.05, 0) is 36.3 Å².